The first kappa shape index (κ1) is 9.68. The van der Waals surface area contributed by atoms with Gasteiger partial charge < -0.3 is 11.1 Å². The molecule has 0 radical (unpaired) electrons. The zero-order valence-corrected chi connectivity index (χ0v) is 8.53. The number of nitrogens with zero attached hydrogens (tertiary/aromatic N) is 1. The zero-order chi connectivity index (χ0) is 9.97. The number of aromatic nitrogens is 2. The highest BCUT2D eigenvalue weighted by Gasteiger charge is 2.23. The van der Waals surface area contributed by atoms with Crippen molar-refractivity contribution in [3.05, 3.63) is 18.0 Å². The topological polar surface area (TPSA) is 66.7 Å². The van der Waals surface area contributed by atoms with Crippen LogP contribution in [0.5, 0.6) is 0 Å². The fourth-order valence-corrected chi connectivity index (χ4v) is 2.12. The van der Waals surface area contributed by atoms with Crippen LogP contribution < -0.4 is 11.1 Å². The molecule has 0 aliphatic heterocycles. The van der Waals surface area contributed by atoms with Crippen LogP contribution in [0.4, 0.5) is 0 Å². The maximum absolute atomic E-state index is 5.86. The Kier molecular flexibility index (Phi) is 2.84. The smallest absolute Gasteiger partial charge is 0.0534 e. The monoisotopic (exact) mass is 194 g/mol. The molecule has 4 heteroatoms. The van der Waals surface area contributed by atoms with Crippen LogP contribution >= 0.6 is 0 Å². The van der Waals surface area contributed by atoms with Gasteiger partial charge >= 0.3 is 0 Å². The van der Waals surface area contributed by atoms with Gasteiger partial charge in [0, 0.05) is 29.9 Å². The number of rotatable bonds is 3. The second-order valence-corrected chi connectivity index (χ2v) is 4.19. The quantitative estimate of drug-likeness (QED) is 0.671. The van der Waals surface area contributed by atoms with E-state index in [0.29, 0.717) is 18.1 Å². The maximum atomic E-state index is 5.86. The van der Waals surface area contributed by atoms with Gasteiger partial charge in [-0.25, -0.2) is 0 Å². The molecule has 0 aromatic carbocycles. The minimum absolute atomic E-state index is 0.365. The fourth-order valence-electron chi connectivity index (χ4n) is 2.12. The molecule has 1 aliphatic carbocycles. The second kappa shape index (κ2) is 4.11. The van der Waals surface area contributed by atoms with Gasteiger partial charge in [0.2, 0.25) is 0 Å². The molecule has 4 nitrogen and oxygen atoms in total. The number of hydrogen-bond acceptors (Lipinski definition) is 3. The molecule has 2 rings (SSSR count). The van der Waals surface area contributed by atoms with Gasteiger partial charge in [0.15, 0.2) is 0 Å². The second-order valence-electron chi connectivity index (χ2n) is 4.19. The van der Waals surface area contributed by atoms with Crippen molar-refractivity contribution in [1.29, 1.82) is 0 Å². The Morgan fingerprint density at radius 2 is 2.50 bits per heavy atom. The molecule has 1 aromatic heterocycles. The first-order valence-electron chi connectivity index (χ1n) is 5.26. The van der Waals surface area contributed by atoms with E-state index in [0.717, 1.165) is 12.8 Å². The van der Waals surface area contributed by atoms with Crippen molar-refractivity contribution < 1.29 is 0 Å². The lowest BCUT2D eigenvalue weighted by Gasteiger charge is -2.18. The summed E-state index contributed by atoms with van der Waals surface area (Å²) in [5.74, 6) is 0. The standard InChI is InChI=1S/C10H18N4/c1-7(8-5-12-13-6-8)14-10-3-2-9(11)4-10/h5-7,9-10,14H,2-4,11H2,1H3,(H,12,13). The Morgan fingerprint density at radius 3 is 3.07 bits per heavy atom. The van der Waals surface area contributed by atoms with Crippen LogP contribution in [0.15, 0.2) is 12.4 Å². The lowest BCUT2D eigenvalue weighted by atomic mass is 10.1. The molecule has 0 spiro atoms. The van der Waals surface area contributed by atoms with E-state index in [2.05, 4.69) is 22.4 Å². The minimum atomic E-state index is 0.365. The predicted octanol–water partition coefficient (Wildman–Crippen LogP) is 0.940. The van der Waals surface area contributed by atoms with Crippen LogP contribution in [0, 0.1) is 0 Å². The van der Waals surface area contributed by atoms with Gasteiger partial charge in [-0.3, -0.25) is 5.10 Å². The third-order valence-electron chi connectivity index (χ3n) is 2.98. The molecule has 1 fully saturated rings. The zero-order valence-electron chi connectivity index (χ0n) is 8.53. The molecule has 1 saturated carbocycles. The molecule has 1 aromatic rings. The van der Waals surface area contributed by atoms with Crippen molar-refractivity contribution >= 4 is 0 Å². The van der Waals surface area contributed by atoms with E-state index in [1.54, 1.807) is 0 Å². The molecule has 14 heavy (non-hydrogen) atoms. The van der Waals surface area contributed by atoms with Crippen LogP contribution in [-0.4, -0.2) is 22.3 Å². The summed E-state index contributed by atoms with van der Waals surface area (Å²) in [7, 11) is 0. The first-order valence-corrected chi connectivity index (χ1v) is 5.26. The lowest BCUT2D eigenvalue weighted by Crippen LogP contribution is -2.30. The van der Waals surface area contributed by atoms with Crippen LogP contribution in [0.1, 0.15) is 37.8 Å². The Labute approximate surface area is 84.3 Å². The van der Waals surface area contributed by atoms with Crippen molar-refractivity contribution in [1.82, 2.24) is 15.5 Å². The van der Waals surface area contributed by atoms with E-state index in [9.17, 15) is 0 Å². The number of H-pyrrole nitrogens is 1. The third kappa shape index (κ3) is 2.13. The number of aromatic amines is 1. The van der Waals surface area contributed by atoms with Gasteiger partial charge in [-0.1, -0.05) is 0 Å². The Hall–Kier alpha value is -0.870. The summed E-state index contributed by atoms with van der Waals surface area (Å²) >= 11 is 0. The van der Waals surface area contributed by atoms with E-state index in [-0.39, 0.29) is 0 Å². The summed E-state index contributed by atoms with van der Waals surface area (Å²) in [6.07, 6.45) is 7.25. The molecular formula is C10H18N4. The molecular weight excluding hydrogens is 176 g/mol. The molecule has 78 valence electrons. The van der Waals surface area contributed by atoms with Gasteiger partial charge in [-0.05, 0) is 26.2 Å². The van der Waals surface area contributed by atoms with Crippen molar-refractivity contribution in [2.45, 2.75) is 44.3 Å². The predicted molar refractivity (Wildman–Crippen MR) is 55.8 cm³/mol. The molecule has 0 saturated heterocycles. The van der Waals surface area contributed by atoms with Crippen molar-refractivity contribution in [2.24, 2.45) is 5.73 Å². The van der Waals surface area contributed by atoms with Crippen LogP contribution in [0.25, 0.3) is 0 Å². The molecule has 1 aliphatic rings. The molecule has 0 bridgehead atoms. The van der Waals surface area contributed by atoms with Crippen molar-refractivity contribution in [2.75, 3.05) is 0 Å². The van der Waals surface area contributed by atoms with Gasteiger partial charge in [-0.15, -0.1) is 0 Å². The van der Waals surface area contributed by atoms with Gasteiger partial charge in [0.05, 0.1) is 6.20 Å². The lowest BCUT2D eigenvalue weighted by molar-refractivity contribution is 0.457. The summed E-state index contributed by atoms with van der Waals surface area (Å²) in [6, 6.07) is 1.34. The molecule has 3 unspecified atom stereocenters. The molecule has 1 heterocycles. The van der Waals surface area contributed by atoms with Crippen LogP contribution in [-0.2, 0) is 0 Å². The highest BCUT2D eigenvalue weighted by Crippen LogP contribution is 2.20. The summed E-state index contributed by atoms with van der Waals surface area (Å²) in [6.45, 7) is 2.16. The highest BCUT2D eigenvalue weighted by molar-refractivity contribution is 5.08. The van der Waals surface area contributed by atoms with E-state index in [4.69, 9.17) is 5.73 Å². The largest absolute Gasteiger partial charge is 0.328 e. The summed E-state index contributed by atoms with van der Waals surface area (Å²) < 4.78 is 0. The fraction of sp³-hybridized carbons (Fsp3) is 0.700. The number of hydrogen-bond donors (Lipinski definition) is 3. The van der Waals surface area contributed by atoms with Gasteiger partial charge in [0.1, 0.15) is 0 Å². The third-order valence-corrected chi connectivity index (χ3v) is 2.98. The van der Waals surface area contributed by atoms with E-state index in [1.165, 1.54) is 12.0 Å². The van der Waals surface area contributed by atoms with Crippen molar-refractivity contribution in [3.63, 3.8) is 0 Å². The Balaban J connectivity index is 1.86. The number of nitrogens with two attached hydrogens (primary N) is 1. The summed E-state index contributed by atoms with van der Waals surface area (Å²) in [5.41, 5.74) is 7.07. The Bertz CT molecular complexity index is 270. The Morgan fingerprint density at radius 1 is 1.64 bits per heavy atom. The SMILES string of the molecule is CC(NC1CCC(N)C1)c1cn[nH]c1. The average Bonchev–Trinajstić information content (AvgIpc) is 2.75. The van der Waals surface area contributed by atoms with E-state index >= 15 is 0 Å². The highest BCUT2D eigenvalue weighted by atomic mass is 15.1. The van der Waals surface area contributed by atoms with E-state index < -0.39 is 0 Å². The van der Waals surface area contributed by atoms with Crippen molar-refractivity contribution in [3.8, 4) is 0 Å². The van der Waals surface area contributed by atoms with Gasteiger partial charge in [0.25, 0.3) is 0 Å². The summed E-state index contributed by atoms with van der Waals surface area (Å²) in [5, 5.41) is 10.3. The maximum Gasteiger partial charge on any atom is 0.0534 e. The normalized spacial score (nSPS) is 29.3. The first-order chi connectivity index (χ1) is 6.75. The minimum Gasteiger partial charge on any atom is -0.328 e. The number of nitrogens with one attached hydrogen (secondary N) is 2. The molecule has 4 N–H and O–H groups in total. The molecule has 3 atom stereocenters. The van der Waals surface area contributed by atoms with E-state index in [1.807, 2.05) is 12.4 Å². The van der Waals surface area contributed by atoms with Gasteiger partial charge in [-0.2, -0.15) is 5.10 Å². The molecule has 0 amide bonds. The average molecular weight is 194 g/mol. The summed E-state index contributed by atoms with van der Waals surface area (Å²) in [4.78, 5) is 0. The van der Waals surface area contributed by atoms with Crippen LogP contribution in [0.2, 0.25) is 0 Å². The van der Waals surface area contributed by atoms with Crippen LogP contribution in [0.3, 0.4) is 0 Å².